The molecule has 3 nitrogen and oxygen atoms in total. The maximum atomic E-state index is 10.9. The molecule has 0 amide bonds. The summed E-state index contributed by atoms with van der Waals surface area (Å²) >= 11 is 1.53. The van der Waals surface area contributed by atoms with Crippen LogP contribution in [-0.4, -0.2) is 26.2 Å². The summed E-state index contributed by atoms with van der Waals surface area (Å²) in [5.74, 6) is 1.43. The van der Waals surface area contributed by atoms with Crippen molar-refractivity contribution in [3.63, 3.8) is 0 Å². The molecule has 0 saturated heterocycles. The largest absolute Gasteiger partial charge is 0.229 e. The first-order chi connectivity index (χ1) is 7.53. The normalized spacial score (nSPS) is 11.0. The number of sulfone groups is 1. The van der Waals surface area contributed by atoms with E-state index in [2.05, 4.69) is 6.07 Å². The van der Waals surface area contributed by atoms with Gasteiger partial charge in [0.05, 0.1) is 17.4 Å². The Hall–Kier alpha value is -0.990. The molecule has 0 aliphatic rings. The van der Waals surface area contributed by atoms with E-state index in [0.29, 0.717) is 17.1 Å². The summed E-state index contributed by atoms with van der Waals surface area (Å²) in [6.45, 7) is 0. The van der Waals surface area contributed by atoms with Crippen LogP contribution in [0.1, 0.15) is 11.1 Å². The fraction of sp³-hybridized carbons (Fsp3) is 0.364. The first kappa shape index (κ1) is 13.1. The zero-order chi connectivity index (χ0) is 12.0. The van der Waals surface area contributed by atoms with Crippen molar-refractivity contribution in [3.05, 3.63) is 35.4 Å². The van der Waals surface area contributed by atoms with Crippen LogP contribution in [0.4, 0.5) is 0 Å². The van der Waals surface area contributed by atoms with Crippen LogP contribution in [0.25, 0.3) is 0 Å². The van der Waals surface area contributed by atoms with Gasteiger partial charge >= 0.3 is 0 Å². The Bertz CT molecular complexity index is 489. The van der Waals surface area contributed by atoms with Crippen LogP contribution in [-0.2, 0) is 15.6 Å². The molecule has 0 radical (unpaired) electrons. The lowest BCUT2D eigenvalue weighted by molar-refractivity contribution is 0.603. The minimum atomic E-state index is -2.88. The Kier molecular flexibility index (Phi) is 4.84. The van der Waals surface area contributed by atoms with Gasteiger partial charge in [-0.1, -0.05) is 18.2 Å². The summed E-state index contributed by atoms with van der Waals surface area (Å²) in [5.41, 5.74) is 1.62. The second kappa shape index (κ2) is 5.92. The summed E-state index contributed by atoms with van der Waals surface area (Å²) in [4.78, 5) is 0. The Morgan fingerprint density at radius 2 is 2.06 bits per heavy atom. The number of nitrogens with zero attached hydrogens (tertiary/aromatic N) is 1. The van der Waals surface area contributed by atoms with Gasteiger partial charge in [-0.3, -0.25) is 0 Å². The number of hydrogen-bond acceptors (Lipinski definition) is 4. The van der Waals surface area contributed by atoms with Crippen LogP contribution in [0.2, 0.25) is 0 Å². The Morgan fingerprint density at radius 3 is 2.69 bits per heavy atom. The fourth-order valence-electron chi connectivity index (χ4n) is 1.15. The maximum Gasteiger partial charge on any atom is 0.148 e. The Morgan fingerprint density at radius 1 is 1.38 bits per heavy atom. The highest BCUT2D eigenvalue weighted by molar-refractivity contribution is 7.99. The van der Waals surface area contributed by atoms with Gasteiger partial charge in [0.25, 0.3) is 0 Å². The predicted molar refractivity (Wildman–Crippen MR) is 67.0 cm³/mol. The van der Waals surface area contributed by atoms with Crippen LogP contribution >= 0.6 is 11.8 Å². The van der Waals surface area contributed by atoms with Crippen molar-refractivity contribution < 1.29 is 8.42 Å². The minimum absolute atomic E-state index is 0.187. The van der Waals surface area contributed by atoms with Crippen molar-refractivity contribution in [2.45, 2.75) is 5.75 Å². The molecule has 0 atom stereocenters. The average Bonchev–Trinajstić information content (AvgIpc) is 2.23. The molecule has 0 N–H and O–H groups in total. The molecule has 0 spiro atoms. The molecule has 1 aromatic rings. The van der Waals surface area contributed by atoms with Crippen LogP contribution in [0, 0.1) is 11.3 Å². The van der Waals surface area contributed by atoms with Crippen LogP contribution < -0.4 is 0 Å². The third-order valence-corrected chi connectivity index (χ3v) is 4.21. The summed E-state index contributed by atoms with van der Waals surface area (Å²) in [6.07, 6.45) is 1.23. The molecular weight excluding hydrogens is 242 g/mol. The van der Waals surface area contributed by atoms with E-state index in [1.165, 1.54) is 18.0 Å². The lowest BCUT2D eigenvalue weighted by atomic mass is 10.1. The molecule has 16 heavy (non-hydrogen) atoms. The number of hydrogen-bond donors (Lipinski definition) is 0. The minimum Gasteiger partial charge on any atom is -0.229 e. The van der Waals surface area contributed by atoms with Gasteiger partial charge in [0.15, 0.2) is 0 Å². The van der Waals surface area contributed by atoms with Crippen molar-refractivity contribution in [3.8, 4) is 6.07 Å². The first-order valence-corrected chi connectivity index (χ1v) is 7.98. The van der Waals surface area contributed by atoms with E-state index < -0.39 is 9.84 Å². The quantitative estimate of drug-likeness (QED) is 0.753. The molecular formula is C11H13NO2S2. The molecule has 0 aliphatic heterocycles. The van der Waals surface area contributed by atoms with Gasteiger partial charge in [-0.15, -0.1) is 0 Å². The monoisotopic (exact) mass is 255 g/mol. The number of benzene rings is 1. The van der Waals surface area contributed by atoms with Crippen molar-refractivity contribution in [1.29, 1.82) is 5.26 Å². The molecule has 1 aromatic carbocycles. The van der Waals surface area contributed by atoms with Gasteiger partial charge in [-0.2, -0.15) is 17.0 Å². The number of rotatable bonds is 5. The molecule has 5 heteroatoms. The Labute approximate surface area is 100 Å². The summed E-state index contributed by atoms with van der Waals surface area (Å²) < 4.78 is 21.8. The van der Waals surface area contributed by atoms with E-state index in [1.807, 2.05) is 18.2 Å². The van der Waals surface area contributed by atoms with Gasteiger partial charge < -0.3 is 0 Å². The molecule has 0 aromatic heterocycles. The molecule has 0 bridgehead atoms. The number of thioether (sulfide) groups is 1. The molecule has 86 valence electrons. The second-order valence-electron chi connectivity index (χ2n) is 3.45. The van der Waals surface area contributed by atoms with E-state index in [4.69, 9.17) is 5.26 Å². The third-order valence-electron chi connectivity index (χ3n) is 1.99. The van der Waals surface area contributed by atoms with E-state index in [9.17, 15) is 8.42 Å². The van der Waals surface area contributed by atoms with Gasteiger partial charge in [-0.05, 0) is 11.6 Å². The van der Waals surface area contributed by atoms with Gasteiger partial charge in [0.1, 0.15) is 9.84 Å². The lowest BCUT2D eigenvalue weighted by Gasteiger charge is -2.03. The van der Waals surface area contributed by atoms with Crippen LogP contribution in [0.15, 0.2) is 24.3 Å². The highest BCUT2D eigenvalue weighted by Gasteiger charge is 2.04. The SMILES string of the molecule is CS(=O)(=O)CCSCc1ccccc1C#N. The van der Waals surface area contributed by atoms with Gasteiger partial charge in [0, 0.05) is 17.8 Å². The van der Waals surface area contributed by atoms with Crippen LogP contribution in [0.5, 0.6) is 0 Å². The molecule has 0 fully saturated rings. The Balaban J connectivity index is 2.47. The highest BCUT2D eigenvalue weighted by Crippen LogP contribution is 2.15. The van der Waals surface area contributed by atoms with Gasteiger partial charge in [0.2, 0.25) is 0 Å². The van der Waals surface area contributed by atoms with Crippen molar-refractivity contribution in [1.82, 2.24) is 0 Å². The zero-order valence-electron chi connectivity index (χ0n) is 9.01. The topological polar surface area (TPSA) is 57.9 Å². The molecule has 0 unspecified atom stereocenters. The fourth-order valence-corrected chi connectivity index (χ4v) is 3.45. The van der Waals surface area contributed by atoms with E-state index in [-0.39, 0.29) is 5.75 Å². The van der Waals surface area contributed by atoms with Gasteiger partial charge in [-0.25, -0.2) is 8.42 Å². The van der Waals surface area contributed by atoms with Crippen molar-refractivity contribution >= 4 is 21.6 Å². The van der Waals surface area contributed by atoms with Crippen molar-refractivity contribution in [2.24, 2.45) is 0 Å². The number of nitriles is 1. The second-order valence-corrected chi connectivity index (χ2v) is 6.82. The molecule has 0 saturated carbocycles. The highest BCUT2D eigenvalue weighted by atomic mass is 32.2. The van der Waals surface area contributed by atoms with E-state index in [1.54, 1.807) is 6.07 Å². The maximum absolute atomic E-state index is 10.9. The smallest absolute Gasteiger partial charge is 0.148 e. The zero-order valence-corrected chi connectivity index (χ0v) is 10.6. The third kappa shape index (κ3) is 4.69. The molecule has 0 heterocycles. The molecule has 0 aliphatic carbocycles. The van der Waals surface area contributed by atoms with Crippen LogP contribution in [0.3, 0.4) is 0 Å². The van der Waals surface area contributed by atoms with E-state index >= 15 is 0 Å². The van der Waals surface area contributed by atoms with Crippen molar-refractivity contribution in [2.75, 3.05) is 17.8 Å². The van der Waals surface area contributed by atoms with E-state index in [0.717, 1.165) is 5.56 Å². The summed E-state index contributed by atoms with van der Waals surface area (Å²) in [7, 11) is -2.88. The molecule has 1 rings (SSSR count). The predicted octanol–water partition coefficient (Wildman–Crippen LogP) is 1.84. The summed E-state index contributed by atoms with van der Waals surface area (Å²) in [6, 6.07) is 9.49. The lowest BCUT2D eigenvalue weighted by Crippen LogP contribution is -2.05. The summed E-state index contributed by atoms with van der Waals surface area (Å²) in [5, 5.41) is 8.85. The average molecular weight is 255 g/mol. The first-order valence-electron chi connectivity index (χ1n) is 4.76. The standard InChI is InChI=1S/C11H13NO2S2/c1-16(13,14)7-6-15-9-11-5-3-2-4-10(11)8-12/h2-5H,6-7,9H2,1H3.